The molecule has 0 aliphatic rings. The number of aromatic nitrogens is 1. The molecule has 0 radical (unpaired) electrons. The first-order valence-electron chi connectivity index (χ1n) is 7.30. The molecule has 0 aliphatic heterocycles. The average Bonchev–Trinajstić information content (AvgIpc) is 2.98. The Morgan fingerprint density at radius 1 is 1.13 bits per heavy atom. The number of nitrogens with zero attached hydrogens (tertiary/aromatic N) is 1. The molecule has 0 bridgehead atoms. The normalized spacial score (nSPS) is 12.3. The van der Waals surface area contributed by atoms with Crippen molar-refractivity contribution in [2.75, 3.05) is 13.3 Å². The molecule has 1 amide bonds. The molecular weight excluding hydrogens is 308 g/mol. The van der Waals surface area contributed by atoms with Crippen LogP contribution in [0.15, 0.2) is 59.5 Å². The number of H-pyrrole nitrogens is 1. The highest BCUT2D eigenvalue weighted by atomic mass is 32.2. The molecule has 0 saturated heterocycles. The number of carbonyl (C=O) groups excluding carboxylic acids is 1. The Hall–Kier alpha value is -2.40. The molecular formula is C18H18N2O2S. The Bertz CT molecular complexity index is 835. The van der Waals surface area contributed by atoms with Gasteiger partial charge in [0.15, 0.2) is 0 Å². The molecule has 0 fully saturated rings. The molecule has 3 rings (SSSR count). The van der Waals surface area contributed by atoms with Crippen molar-refractivity contribution in [1.82, 2.24) is 9.88 Å². The lowest BCUT2D eigenvalue weighted by atomic mass is 10.2. The number of rotatable bonds is 4. The molecule has 4 nitrogen and oxygen atoms in total. The predicted molar refractivity (Wildman–Crippen MR) is 92.9 cm³/mol. The van der Waals surface area contributed by atoms with E-state index in [2.05, 4.69) is 4.98 Å². The number of hydrogen-bond acceptors (Lipinski definition) is 2. The lowest BCUT2D eigenvalue weighted by Crippen LogP contribution is -2.26. The summed E-state index contributed by atoms with van der Waals surface area (Å²) in [5.74, 6) is -0.0515. The highest BCUT2D eigenvalue weighted by Gasteiger charge is 2.14. The van der Waals surface area contributed by atoms with Crippen molar-refractivity contribution in [2.24, 2.45) is 0 Å². The summed E-state index contributed by atoms with van der Waals surface area (Å²) >= 11 is 0. The summed E-state index contributed by atoms with van der Waals surface area (Å²) < 4.78 is 11.4. The third-order valence-corrected chi connectivity index (χ3v) is 4.72. The van der Waals surface area contributed by atoms with Crippen molar-refractivity contribution in [3.63, 3.8) is 0 Å². The molecule has 2 aromatic carbocycles. The van der Waals surface area contributed by atoms with Gasteiger partial charge in [-0.15, -0.1) is 0 Å². The number of carbonyl (C=O) groups is 1. The number of aromatic amines is 1. The number of nitrogens with one attached hydrogen (secondary N) is 1. The van der Waals surface area contributed by atoms with E-state index < -0.39 is 10.8 Å². The van der Waals surface area contributed by atoms with Crippen molar-refractivity contribution >= 4 is 27.6 Å². The largest absolute Gasteiger partial charge is 0.351 e. The summed E-state index contributed by atoms with van der Waals surface area (Å²) in [6, 6.07) is 17.2. The van der Waals surface area contributed by atoms with Crippen LogP contribution in [0.25, 0.3) is 10.9 Å². The van der Waals surface area contributed by atoms with Gasteiger partial charge in [-0.1, -0.05) is 30.3 Å². The number of fused-ring (bicyclic) bond motifs is 1. The molecule has 1 aromatic heterocycles. The lowest BCUT2D eigenvalue weighted by molar-refractivity contribution is 0.0780. The molecule has 23 heavy (non-hydrogen) atoms. The van der Waals surface area contributed by atoms with Crippen molar-refractivity contribution in [3.05, 3.63) is 65.9 Å². The van der Waals surface area contributed by atoms with Crippen LogP contribution >= 0.6 is 0 Å². The topological polar surface area (TPSA) is 53.2 Å². The van der Waals surface area contributed by atoms with Gasteiger partial charge in [-0.3, -0.25) is 9.00 Å². The Kier molecular flexibility index (Phi) is 4.30. The Labute approximate surface area is 137 Å². The van der Waals surface area contributed by atoms with Crippen molar-refractivity contribution in [3.8, 4) is 0 Å². The van der Waals surface area contributed by atoms with Crippen molar-refractivity contribution < 1.29 is 9.00 Å². The van der Waals surface area contributed by atoms with E-state index in [1.807, 2.05) is 54.6 Å². The van der Waals surface area contributed by atoms with E-state index in [1.54, 1.807) is 18.2 Å². The molecule has 0 saturated carbocycles. The highest BCUT2D eigenvalue weighted by Crippen LogP contribution is 2.17. The van der Waals surface area contributed by atoms with Gasteiger partial charge in [0.1, 0.15) is 5.69 Å². The number of para-hydroxylation sites is 1. The predicted octanol–water partition coefficient (Wildman–Crippen LogP) is 3.18. The minimum atomic E-state index is -0.983. The van der Waals surface area contributed by atoms with Crippen LogP contribution in [0.4, 0.5) is 0 Å². The highest BCUT2D eigenvalue weighted by molar-refractivity contribution is 7.84. The van der Waals surface area contributed by atoms with E-state index in [-0.39, 0.29) is 5.91 Å². The first-order chi connectivity index (χ1) is 11.0. The molecule has 1 heterocycles. The van der Waals surface area contributed by atoms with Gasteiger partial charge >= 0.3 is 0 Å². The summed E-state index contributed by atoms with van der Waals surface area (Å²) in [5.41, 5.74) is 2.55. The molecule has 1 N–H and O–H groups in total. The van der Waals surface area contributed by atoms with Gasteiger partial charge < -0.3 is 9.88 Å². The quantitative estimate of drug-likeness (QED) is 0.800. The minimum Gasteiger partial charge on any atom is -0.351 e. The van der Waals surface area contributed by atoms with Crippen LogP contribution < -0.4 is 0 Å². The van der Waals surface area contributed by atoms with E-state index >= 15 is 0 Å². The number of amides is 1. The van der Waals surface area contributed by atoms with Crippen molar-refractivity contribution in [1.29, 1.82) is 0 Å². The summed E-state index contributed by atoms with van der Waals surface area (Å²) in [4.78, 5) is 18.2. The third kappa shape index (κ3) is 3.35. The zero-order valence-corrected chi connectivity index (χ0v) is 13.9. The molecule has 5 heteroatoms. The fourth-order valence-electron chi connectivity index (χ4n) is 2.53. The van der Waals surface area contributed by atoms with Crippen LogP contribution in [0.3, 0.4) is 0 Å². The molecule has 1 unspecified atom stereocenters. The maximum Gasteiger partial charge on any atom is 0.270 e. The second-order valence-corrected chi connectivity index (χ2v) is 6.91. The number of benzene rings is 2. The molecule has 118 valence electrons. The van der Waals surface area contributed by atoms with Gasteiger partial charge in [0.05, 0.1) is 0 Å². The fraction of sp³-hybridized carbons (Fsp3) is 0.167. The maximum absolute atomic E-state index is 12.5. The summed E-state index contributed by atoms with van der Waals surface area (Å²) in [5, 5.41) is 1.03. The first-order valence-corrected chi connectivity index (χ1v) is 8.86. The Morgan fingerprint density at radius 3 is 2.48 bits per heavy atom. The van der Waals surface area contributed by atoms with Crippen LogP contribution in [-0.2, 0) is 17.3 Å². The molecule has 3 aromatic rings. The van der Waals surface area contributed by atoms with E-state index in [9.17, 15) is 9.00 Å². The van der Waals surface area contributed by atoms with Gasteiger partial charge in [0.25, 0.3) is 5.91 Å². The Balaban J connectivity index is 1.75. The molecule has 0 spiro atoms. The van der Waals surface area contributed by atoms with Crippen LogP contribution in [-0.4, -0.2) is 33.3 Å². The second-order valence-electron chi connectivity index (χ2n) is 5.53. The average molecular weight is 326 g/mol. The summed E-state index contributed by atoms with van der Waals surface area (Å²) in [6.45, 7) is 0.505. The van der Waals surface area contributed by atoms with E-state index in [1.165, 1.54) is 0 Å². The Morgan fingerprint density at radius 2 is 1.83 bits per heavy atom. The first kappa shape index (κ1) is 15.5. The van der Waals surface area contributed by atoms with E-state index in [0.717, 1.165) is 21.4 Å². The lowest BCUT2D eigenvalue weighted by Gasteiger charge is -2.16. The monoisotopic (exact) mass is 326 g/mol. The van der Waals surface area contributed by atoms with E-state index in [4.69, 9.17) is 0 Å². The van der Waals surface area contributed by atoms with Gasteiger partial charge in [-0.25, -0.2) is 0 Å². The van der Waals surface area contributed by atoms with Crippen LogP contribution in [0.1, 0.15) is 16.1 Å². The third-order valence-electron chi connectivity index (χ3n) is 3.78. The molecule has 1 atom stereocenters. The van der Waals surface area contributed by atoms with Crippen LogP contribution in [0.2, 0.25) is 0 Å². The molecule has 0 aliphatic carbocycles. The van der Waals surface area contributed by atoms with E-state index in [0.29, 0.717) is 12.2 Å². The van der Waals surface area contributed by atoms with Crippen LogP contribution in [0.5, 0.6) is 0 Å². The van der Waals surface area contributed by atoms with Gasteiger partial charge in [0.2, 0.25) is 0 Å². The SMILES string of the molecule is CN(Cc1ccc(S(C)=O)cc1)C(=O)c1cc2ccccc2[nH]1. The van der Waals surface area contributed by atoms with Gasteiger partial charge in [-0.05, 0) is 29.8 Å². The van der Waals surface area contributed by atoms with Gasteiger partial charge in [0, 0.05) is 46.4 Å². The van der Waals surface area contributed by atoms with Gasteiger partial charge in [-0.2, -0.15) is 0 Å². The summed E-state index contributed by atoms with van der Waals surface area (Å²) in [6.07, 6.45) is 1.65. The van der Waals surface area contributed by atoms with Crippen molar-refractivity contribution in [2.45, 2.75) is 11.4 Å². The number of hydrogen-bond donors (Lipinski definition) is 1. The summed E-state index contributed by atoms with van der Waals surface area (Å²) in [7, 11) is 0.794. The second kappa shape index (κ2) is 6.38. The maximum atomic E-state index is 12.5. The minimum absolute atomic E-state index is 0.0515. The smallest absolute Gasteiger partial charge is 0.270 e. The van der Waals surface area contributed by atoms with Crippen LogP contribution in [0, 0.1) is 0 Å². The fourth-order valence-corrected chi connectivity index (χ4v) is 3.05. The standard InChI is InChI=1S/C18H18N2O2S/c1-20(12-13-7-9-15(10-8-13)23(2)22)18(21)17-11-14-5-3-4-6-16(14)19-17/h3-11,19H,12H2,1-2H3. The zero-order valence-electron chi connectivity index (χ0n) is 13.1. The zero-order chi connectivity index (χ0) is 16.4.